The van der Waals surface area contributed by atoms with E-state index in [1.165, 1.54) is 11.1 Å². The first-order valence-electron chi connectivity index (χ1n) is 7.46. The molecule has 0 heterocycles. The Morgan fingerprint density at radius 3 is 2.21 bits per heavy atom. The van der Waals surface area contributed by atoms with Gasteiger partial charge in [0.15, 0.2) is 0 Å². The van der Waals surface area contributed by atoms with Gasteiger partial charge in [0.2, 0.25) is 0 Å². The predicted molar refractivity (Wildman–Crippen MR) is 82.5 cm³/mol. The summed E-state index contributed by atoms with van der Waals surface area (Å²) in [6.45, 7) is 12.6. The lowest BCUT2D eigenvalue weighted by molar-refractivity contribution is 0.0508. The van der Waals surface area contributed by atoms with E-state index in [4.69, 9.17) is 4.74 Å². The van der Waals surface area contributed by atoms with Crippen molar-refractivity contribution < 1.29 is 4.74 Å². The fourth-order valence-corrected chi connectivity index (χ4v) is 1.83. The molecule has 0 amide bonds. The van der Waals surface area contributed by atoms with Gasteiger partial charge in [-0.1, -0.05) is 52.0 Å². The lowest BCUT2D eigenvalue weighted by Gasteiger charge is -2.16. The summed E-state index contributed by atoms with van der Waals surface area (Å²) in [4.78, 5) is 0. The Balaban J connectivity index is 2.46. The van der Waals surface area contributed by atoms with Crippen LogP contribution in [0.1, 0.15) is 58.1 Å². The summed E-state index contributed by atoms with van der Waals surface area (Å²) in [7, 11) is 0. The topological polar surface area (TPSA) is 21.3 Å². The van der Waals surface area contributed by atoms with Crippen molar-refractivity contribution in [3.8, 4) is 0 Å². The second-order valence-electron chi connectivity index (χ2n) is 5.74. The van der Waals surface area contributed by atoms with Crippen LogP contribution in [0.3, 0.4) is 0 Å². The van der Waals surface area contributed by atoms with Crippen LogP contribution in [0.2, 0.25) is 0 Å². The van der Waals surface area contributed by atoms with E-state index < -0.39 is 0 Å². The van der Waals surface area contributed by atoms with Crippen LogP contribution in [0.15, 0.2) is 24.3 Å². The van der Waals surface area contributed by atoms with Gasteiger partial charge < -0.3 is 10.1 Å². The maximum atomic E-state index is 5.74. The minimum absolute atomic E-state index is 0.342. The van der Waals surface area contributed by atoms with Gasteiger partial charge in [0.1, 0.15) is 0 Å². The van der Waals surface area contributed by atoms with E-state index in [0.717, 1.165) is 13.0 Å². The van der Waals surface area contributed by atoms with Crippen LogP contribution in [-0.4, -0.2) is 18.7 Å². The van der Waals surface area contributed by atoms with Crippen LogP contribution < -0.4 is 5.32 Å². The van der Waals surface area contributed by atoms with Crippen molar-refractivity contribution in [2.24, 2.45) is 0 Å². The van der Waals surface area contributed by atoms with E-state index in [9.17, 15) is 0 Å². The zero-order valence-electron chi connectivity index (χ0n) is 13.1. The monoisotopic (exact) mass is 263 g/mol. The molecule has 0 fully saturated rings. The molecule has 2 heteroatoms. The first kappa shape index (κ1) is 16.2. The van der Waals surface area contributed by atoms with E-state index in [2.05, 4.69) is 64.2 Å². The Labute approximate surface area is 118 Å². The highest BCUT2D eigenvalue weighted by atomic mass is 16.5. The minimum atomic E-state index is 0.342. The third kappa shape index (κ3) is 6.22. The van der Waals surface area contributed by atoms with Gasteiger partial charge in [-0.15, -0.1) is 0 Å². The second-order valence-corrected chi connectivity index (χ2v) is 5.74. The average molecular weight is 263 g/mol. The van der Waals surface area contributed by atoms with Gasteiger partial charge in [-0.2, -0.15) is 0 Å². The van der Waals surface area contributed by atoms with Crippen LogP contribution in [0.5, 0.6) is 0 Å². The van der Waals surface area contributed by atoms with Crippen LogP contribution in [0.25, 0.3) is 0 Å². The van der Waals surface area contributed by atoms with Crippen LogP contribution in [0, 0.1) is 0 Å². The van der Waals surface area contributed by atoms with Gasteiger partial charge in [0.05, 0.1) is 12.7 Å². The number of hydrogen-bond acceptors (Lipinski definition) is 2. The Morgan fingerprint density at radius 2 is 1.68 bits per heavy atom. The van der Waals surface area contributed by atoms with Crippen LogP contribution in [0.4, 0.5) is 0 Å². The number of hydrogen-bond donors (Lipinski definition) is 1. The molecule has 1 N–H and O–H groups in total. The van der Waals surface area contributed by atoms with Crippen LogP contribution >= 0.6 is 0 Å². The molecule has 2 unspecified atom stereocenters. The third-order valence-electron chi connectivity index (χ3n) is 3.49. The normalized spacial score (nSPS) is 14.6. The molecule has 0 saturated heterocycles. The zero-order valence-corrected chi connectivity index (χ0v) is 13.1. The molecule has 0 saturated carbocycles. The van der Waals surface area contributed by atoms with Crippen molar-refractivity contribution >= 4 is 0 Å². The molecule has 0 bridgehead atoms. The molecule has 0 radical (unpaired) electrons. The van der Waals surface area contributed by atoms with E-state index >= 15 is 0 Å². The van der Waals surface area contributed by atoms with Crippen molar-refractivity contribution in [3.63, 3.8) is 0 Å². The largest absolute Gasteiger partial charge is 0.374 e. The predicted octanol–water partition coefficient (Wildman–Crippen LogP) is 4.10. The van der Waals surface area contributed by atoms with Gasteiger partial charge in [0, 0.05) is 12.6 Å². The summed E-state index contributed by atoms with van der Waals surface area (Å²) in [5.74, 6) is 0.548. The molecule has 0 aromatic heterocycles. The van der Waals surface area contributed by atoms with Crippen molar-refractivity contribution in [2.45, 2.75) is 65.7 Å². The summed E-state index contributed by atoms with van der Waals surface area (Å²) in [6, 6.07) is 9.36. The molecule has 0 aliphatic heterocycles. The van der Waals surface area contributed by atoms with Crippen molar-refractivity contribution in [2.75, 3.05) is 6.54 Å². The molecule has 0 aliphatic carbocycles. The smallest absolute Gasteiger partial charge is 0.0720 e. The summed E-state index contributed by atoms with van der Waals surface area (Å²) in [5, 5.41) is 3.48. The minimum Gasteiger partial charge on any atom is -0.374 e. The number of nitrogens with one attached hydrogen (secondary N) is 1. The SMILES string of the molecule is CCC(C)OCc1ccc(C(C)CNC(C)C)cc1. The molecule has 1 aromatic carbocycles. The Bertz CT molecular complexity index is 345. The molecule has 108 valence electrons. The number of benzene rings is 1. The van der Waals surface area contributed by atoms with Gasteiger partial charge in [-0.3, -0.25) is 0 Å². The van der Waals surface area contributed by atoms with Crippen molar-refractivity contribution in [1.29, 1.82) is 0 Å². The fourth-order valence-electron chi connectivity index (χ4n) is 1.83. The van der Waals surface area contributed by atoms with Gasteiger partial charge in [0.25, 0.3) is 0 Å². The lowest BCUT2D eigenvalue weighted by Crippen LogP contribution is -2.26. The summed E-state index contributed by atoms with van der Waals surface area (Å²) in [6.07, 6.45) is 1.41. The number of rotatable bonds is 8. The van der Waals surface area contributed by atoms with E-state index in [1.54, 1.807) is 0 Å². The first-order valence-corrected chi connectivity index (χ1v) is 7.46. The Morgan fingerprint density at radius 1 is 1.05 bits per heavy atom. The van der Waals surface area contributed by atoms with E-state index in [0.29, 0.717) is 24.7 Å². The van der Waals surface area contributed by atoms with Gasteiger partial charge in [-0.25, -0.2) is 0 Å². The highest BCUT2D eigenvalue weighted by molar-refractivity contribution is 5.24. The van der Waals surface area contributed by atoms with Crippen molar-refractivity contribution in [3.05, 3.63) is 35.4 Å². The maximum Gasteiger partial charge on any atom is 0.0720 e. The molecular formula is C17H29NO. The van der Waals surface area contributed by atoms with Crippen molar-refractivity contribution in [1.82, 2.24) is 5.32 Å². The summed E-state index contributed by atoms with van der Waals surface area (Å²) in [5.41, 5.74) is 2.65. The molecule has 2 nitrogen and oxygen atoms in total. The Hall–Kier alpha value is -0.860. The lowest BCUT2D eigenvalue weighted by atomic mass is 9.99. The molecular weight excluding hydrogens is 234 g/mol. The quantitative estimate of drug-likeness (QED) is 0.762. The first-order chi connectivity index (χ1) is 9.02. The molecule has 1 aromatic rings. The molecule has 19 heavy (non-hydrogen) atoms. The average Bonchev–Trinajstić information content (AvgIpc) is 2.42. The molecule has 1 rings (SSSR count). The summed E-state index contributed by atoms with van der Waals surface area (Å²) < 4.78 is 5.74. The summed E-state index contributed by atoms with van der Waals surface area (Å²) >= 11 is 0. The standard InChI is InChI=1S/C17H29NO/c1-6-15(5)19-12-16-7-9-17(10-8-16)14(4)11-18-13(2)3/h7-10,13-15,18H,6,11-12H2,1-5H3. The van der Waals surface area contributed by atoms with Gasteiger partial charge >= 0.3 is 0 Å². The van der Waals surface area contributed by atoms with E-state index in [-0.39, 0.29) is 0 Å². The second kappa shape index (κ2) is 8.34. The third-order valence-corrected chi connectivity index (χ3v) is 3.49. The van der Waals surface area contributed by atoms with Gasteiger partial charge in [-0.05, 0) is 30.4 Å². The molecule has 0 spiro atoms. The highest BCUT2D eigenvalue weighted by Crippen LogP contribution is 2.16. The molecule has 2 atom stereocenters. The van der Waals surface area contributed by atoms with E-state index in [1.807, 2.05) is 0 Å². The maximum absolute atomic E-state index is 5.74. The fraction of sp³-hybridized carbons (Fsp3) is 0.647. The molecule has 0 aliphatic rings. The van der Waals surface area contributed by atoms with Crippen LogP contribution in [-0.2, 0) is 11.3 Å². The Kier molecular flexibility index (Phi) is 7.11. The zero-order chi connectivity index (χ0) is 14.3. The number of ether oxygens (including phenoxy) is 1. The highest BCUT2D eigenvalue weighted by Gasteiger charge is 2.06.